The number of hydrogen-bond donors (Lipinski definition) is 1. The Kier molecular flexibility index (Phi) is 6.02. The summed E-state index contributed by atoms with van der Waals surface area (Å²) in [7, 11) is 0. The van der Waals surface area contributed by atoms with Crippen LogP contribution in [0.5, 0.6) is 5.75 Å². The molecular weight excluding hydrogens is 411 g/mol. The molecular formula is C24H23FN4O3. The van der Waals surface area contributed by atoms with Crippen LogP contribution in [0.25, 0.3) is 0 Å². The summed E-state index contributed by atoms with van der Waals surface area (Å²) in [6.07, 6.45) is 1.67. The molecule has 0 spiro atoms. The molecule has 0 bridgehead atoms. The van der Waals surface area contributed by atoms with Crippen molar-refractivity contribution in [3.8, 4) is 5.75 Å². The zero-order chi connectivity index (χ0) is 22.7. The van der Waals surface area contributed by atoms with Gasteiger partial charge in [0, 0.05) is 17.8 Å². The fourth-order valence-corrected chi connectivity index (χ4v) is 3.25. The lowest BCUT2D eigenvalue weighted by atomic mass is 10.1. The predicted molar refractivity (Wildman–Crippen MR) is 117 cm³/mol. The average molecular weight is 434 g/mol. The zero-order valence-electron chi connectivity index (χ0n) is 18.1. The summed E-state index contributed by atoms with van der Waals surface area (Å²) in [5.74, 6) is 0.806. The summed E-state index contributed by atoms with van der Waals surface area (Å²) in [4.78, 5) is 12.8. The van der Waals surface area contributed by atoms with E-state index in [1.54, 1.807) is 42.1 Å². The number of nitrogens with one attached hydrogen (secondary N) is 1. The van der Waals surface area contributed by atoms with E-state index in [0.29, 0.717) is 22.7 Å². The Morgan fingerprint density at radius 2 is 1.97 bits per heavy atom. The van der Waals surface area contributed by atoms with E-state index in [1.165, 1.54) is 6.07 Å². The number of benzene rings is 2. The molecule has 0 fully saturated rings. The second-order valence-corrected chi connectivity index (χ2v) is 7.57. The molecule has 0 aliphatic rings. The summed E-state index contributed by atoms with van der Waals surface area (Å²) in [5.41, 5.74) is 3.28. The van der Waals surface area contributed by atoms with E-state index in [2.05, 4.69) is 15.6 Å². The SMILES string of the molecule is Cc1ccc(C)c(OCc2c(C(=O)Nc3ccn(Cc4ccccc4F)n3)noc2C)c1. The molecule has 32 heavy (non-hydrogen) atoms. The minimum atomic E-state index is -0.461. The molecule has 164 valence electrons. The number of anilines is 1. The zero-order valence-corrected chi connectivity index (χ0v) is 18.1. The van der Waals surface area contributed by atoms with Crippen LogP contribution in [0.2, 0.25) is 0 Å². The van der Waals surface area contributed by atoms with Gasteiger partial charge in [-0.1, -0.05) is 35.5 Å². The van der Waals surface area contributed by atoms with Crippen molar-refractivity contribution in [2.75, 3.05) is 5.32 Å². The van der Waals surface area contributed by atoms with Gasteiger partial charge in [0.2, 0.25) is 0 Å². The van der Waals surface area contributed by atoms with E-state index in [0.717, 1.165) is 16.9 Å². The van der Waals surface area contributed by atoms with Crippen LogP contribution in [0.3, 0.4) is 0 Å². The maximum Gasteiger partial charge on any atom is 0.279 e. The lowest BCUT2D eigenvalue weighted by Gasteiger charge is -2.10. The number of ether oxygens (including phenoxy) is 1. The van der Waals surface area contributed by atoms with Crippen molar-refractivity contribution < 1.29 is 18.4 Å². The van der Waals surface area contributed by atoms with E-state index in [-0.39, 0.29) is 24.7 Å². The Hall–Kier alpha value is -3.94. The molecule has 8 heteroatoms. The van der Waals surface area contributed by atoms with Gasteiger partial charge in [-0.3, -0.25) is 9.48 Å². The van der Waals surface area contributed by atoms with Crippen molar-refractivity contribution in [2.45, 2.75) is 33.9 Å². The fourth-order valence-electron chi connectivity index (χ4n) is 3.25. The molecule has 2 aromatic heterocycles. The van der Waals surface area contributed by atoms with Crippen LogP contribution in [0.4, 0.5) is 10.2 Å². The summed E-state index contributed by atoms with van der Waals surface area (Å²) < 4.78 is 26.6. The third-order valence-electron chi connectivity index (χ3n) is 5.09. The summed E-state index contributed by atoms with van der Waals surface area (Å²) in [5, 5.41) is 10.9. The first kappa shape index (κ1) is 21.3. The highest BCUT2D eigenvalue weighted by molar-refractivity contribution is 6.03. The highest BCUT2D eigenvalue weighted by Gasteiger charge is 2.21. The van der Waals surface area contributed by atoms with Crippen molar-refractivity contribution in [2.24, 2.45) is 0 Å². The number of rotatable bonds is 7. The van der Waals surface area contributed by atoms with Gasteiger partial charge < -0.3 is 14.6 Å². The van der Waals surface area contributed by atoms with Gasteiger partial charge in [0.15, 0.2) is 11.5 Å². The topological polar surface area (TPSA) is 82.2 Å². The lowest BCUT2D eigenvalue weighted by molar-refractivity contribution is 0.101. The molecule has 2 heterocycles. The van der Waals surface area contributed by atoms with Crippen LogP contribution in [-0.2, 0) is 13.2 Å². The van der Waals surface area contributed by atoms with Gasteiger partial charge in [0.25, 0.3) is 5.91 Å². The molecule has 1 N–H and O–H groups in total. The van der Waals surface area contributed by atoms with Crippen molar-refractivity contribution in [1.29, 1.82) is 0 Å². The predicted octanol–water partition coefficient (Wildman–Crippen LogP) is 4.82. The van der Waals surface area contributed by atoms with Crippen molar-refractivity contribution in [1.82, 2.24) is 14.9 Å². The molecule has 0 saturated carbocycles. The number of amides is 1. The normalized spacial score (nSPS) is 10.9. The molecule has 4 aromatic rings. The third kappa shape index (κ3) is 4.69. The minimum Gasteiger partial charge on any atom is -0.488 e. The van der Waals surface area contributed by atoms with Gasteiger partial charge in [-0.25, -0.2) is 4.39 Å². The van der Waals surface area contributed by atoms with Crippen LogP contribution in [0.15, 0.2) is 59.3 Å². The maximum absolute atomic E-state index is 13.9. The van der Waals surface area contributed by atoms with Crippen LogP contribution < -0.4 is 10.1 Å². The molecule has 0 aliphatic carbocycles. The number of aryl methyl sites for hydroxylation is 3. The highest BCUT2D eigenvalue weighted by Crippen LogP contribution is 2.23. The molecule has 1 amide bonds. The van der Waals surface area contributed by atoms with Crippen molar-refractivity contribution in [3.05, 3.63) is 94.3 Å². The number of nitrogens with zero attached hydrogens (tertiary/aromatic N) is 3. The Bertz CT molecular complexity index is 1260. The Balaban J connectivity index is 1.45. The number of halogens is 1. The van der Waals surface area contributed by atoms with Gasteiger partial charge in [-0.2, -0.15) is 5.10 Å². The van der Waals surface area contributed by atoms with E-state index < -0.39 is 5.91 Å². The number of carbonyl (C=O) groups excluding carboxylic acids is 1. The highest BCUT2D eigenvalue weighted by atomic mass is 19.1. The van der Waals surface area contributed by atoms with Crippen molar-refractivity contribution >= 4 is 11.7 Å². The van der Waals surface area contributed by atoms with E-state index in [9.17, 15) is 9.18 Å². The van der Waals surface area contributed by atoms with Crippen LogP contribution in [0, 0.1) is 26.6 Å². The van der Waals surface area contributed by atoms with Crippen molar-refractivity contribution in [3.63, 3.8) is 0 Å². The summed E-state index contributed by atoms with van der Waals surface area (Å²) in [6, 6.07) is 14.1. The first-order valence-electron chi connectivity index (χ1n) is 10.1. The smallest absolute Gasteiger partial charge is 0.279 e. The fraction of sp³-hybridized carbons (Fsp3) is 0.208. The minimum absolute atomic E-state index is 0.136. The molecule has 0 saturated heterocycles. The molecule has 4 rings (SSSR count). The lowest BCUT2D eigenvalue weighted by Crippen LogP contribution is -2.16. The quantitative estimate of drug-likeness (QED) is 0.451. The molecule has 0 aliphatic heterocycles. The molecule has 0 radical (unpaired) electrons. The van der Waals surface area contributed by atoms with Gasteiger partial charge >= 0.3 is 0 Å². The molecule has 0 atom stereocenters. The molecule has 0 unspecified atom stereocenters. The Morgan fingerprint density at radius 3 is 2.78 bits per heavy atom. The third-order valence-corrected chi connectivity index (χ3v) is 5.09. The van der Waals surface area contributed by atoms with E-state index in [4.69, 9.17) is 9.26 Å². The average Bonchev–Trinajstić information content (AvgIpc) is 3.36. The monoisotopic (exact) mass is 434 g/mol. The van der Waals surface area contributed by atoms with E-state index in [1.807, 2.05) is 32.0 Å². The van der Waals surface area contributed by atoms with Crippen LogP contribution in [-0.4, -0.2) is 20.8 Å². The Labute approximate surface area is 184 Å². The number of carbonyl (C=O) groups is 1. The van der Waals surface area contributed by atoms with Gasteiger partial charge in [0.05, 0.1) is 12.1 Å². The van der Waals surface area contributed by atoms with Crippen LogP contribution >= 0.6 is 0 Å². The Morgan fingerprint density at radius 1 is 1.16 bits per heavy atom. The standard InChI is InChI=1S/C24H23FN4O3/c1-15-8-9-16(2)21(12-15)31-14-19-17(3)32-28-23(19)24(30)26-22-10-11-29(27-22)13-18-6-4-5-7-20(18)25/h4-12H,13-14H2,1-3H3,(H,26,27,30). The van der Waals surface area contributed by atoms with E-state index >= 15 is 0 Å². The first-order chi connectivity index (χ1) is 15.4. The first-order valence-corrected chi connectivity index (χ1v) is 10.1. The largest absolute Gasteiger partial charge is 0.488 e. The molecule has 7 nitrogen and oxygen atoms in total. The second-order valence-electron chi connectivity index (χ2n) is 7.57. The van der Waals surface area contributed by atoms with Gasteiger partial charge in [0.1, 0.15) is 23.9 Å². The second kappa shape index (κ2) is 9.05. The maximum atomic E-state index is 13.9. The molecule has 2 aromatic carbocycles. The number of hydrogen-bond acceptors (Lipinski definition) is 5. The van der Waals surface area contributed by atoms with Crippen LogP contribution in [0.1, 0.15) is 38.5 Å². The van der Waals surface area contributed by atoms with Gasteiger partial charge in [-0.05, 0) is 44.0 Å². The summed E-state index contributed by atoms with van der Waals surface area (Å²) in [6.45, 7) is 6.07. The summed E-state index contributed by atoms with van der Waals surface area (Å²) >= 11 is 0. The van der Waals surface area contributed by atoms with Gasteiger partial charge in [-0.15, -0.1) is 0 Å². The number of aromatic nitrogens is 3.